The van der Waals surface area contributed by atoms with Crippen LogP contribution in [0, 0.1) is 0 Å². The van der Waals surface area contributed by atoms with Gasteiger partial charge in [-0.25, -0.2) is 0 Å². The Balaban J connectivity index is 1.72. The minimum Gasteiger partial charge on any atom is -0.490 e. The quantitative estimate of drug-likeness (QED) is 0.473. The van der Waals surface area contributed by atoms with Gasteiger partial charge in [-0.05, 0) is 49.9 Å². The molecule has 0 unspecified atom stereocenters. The van der Waals surface area contributed by atoms with E-state index >= 15 is 0 Å². The first-order chi connectivity index (χ1) is 16.5. The van der Waals surface area contributed by atoms with E-state index in [9.17, 15) is 14.4 Å². The molecule has 2 amide bonds. The molecule has 182 valence electrons. The highest BCUT2D eigenvalue weighted by Crippen LogP contribution is 2.30. The summed E-state index contributed by atoms with van der Waals surface area (Å²) >= 11 is 0. The lowest BCUT2D eigenvalue weighted by atomic mass is 9.97. The number of nitrogens with zero attached hydrogens (tertiary/aromatic N) is 1. The van der Waals surface area contributed by atoms with Crippen LogP contribution >= 0.6 is 0 Å². The molecular weight excluding hydrogens is 432 g/mol. The van der Waals surface area contributed by atoms with Gasteiger partial charge in [-0.3, -0.25) is 14.4 Å². The van der Waals surface area contributed by atoms with E-state index in [2.05, 4.69) is 5.32 Å². The van der Waals surface area contributed by atoms with E-state index in [1.54, 1.807) is 42.5 Å². The molecule has 0 spiro atoms. The number of likely N-dealkylation sites (tertiary alicyclic amines) is 1. The van der Waals surface area contributed by atoms with Crippen LogP contribution < -0.4 is 14.8 Å². The molecule has 1 N–H and O–H groups in total. The maximum atomic E-state index is 13.3. The van der Waals surface area contributed by atoms with Gasteiger partial charge < -0.3 is 19.7 Å². The van der Waals surface area contributed by atoms with Crippen molar-refractivity contribution >= 4 is 17.6 Å². The fourth-order valence-corrected chi connectivity index (χ4v) is 3.84. The summed E-state index contributed by atoms with van der Waals surface area (Å²) in [4.78, 5) is 40.2. The average molecular weight is 467 g/mol. The summed E-state index contributed by atoms with van der Waals surface area (Å²) < 4.78 is 11.6. The Morgan fingerprint density at radius 1 is 0.882 bits per heavy atom. The first-order valence-corrected chi connectivity index (χ1v) is 12.1. The van der Waals surface area contributed by atoms with E-state index < -0.39 is 0 Å². The number of rotatable bonds is 12. The summed E-state index contributed by atoms with van der Waals surface area (Å²) in [7, 11) is 0. The largest absolute Gasteiger partial charge is 0.490 e. The maximum Gasteiger partial charge on any atom is 0.252 e. The van der Waals surface area contributed by atoms with Crippen molar-refractivity contribution in [1.82, 2.24) is 10.2 Å². The van der Waals surface area contributed by atoms with Crippen molar-refractivity contribution < 1.29 is 23.9 Å². The van der Waals surface area contributed by atoms with Gasteiger partial charge in [0.15, 0.2) is 17.3 Å². The van der Waals surface area contributed by atoms with E-state index in [0.29, 0.717) is 35.8 Å². The van der Waals surface area contributed by atoms with Gasteiger partial charge in [0.05, 0.1) is 18.8 Å². The zero-order valence-electron chi connectivity index (χ0n) is 20.1. The number of carbonyl (C=O) groups excluding carboxylic acids is 3. The van der Waals surface area contributed by atoms with Crippen LogP contribution in [0.5, 0.6) is 11.5 Å². The van der Waals surface area contributed by atoms with Crippen molar-refractivity contribution in [3.63, 3.8) is 0 Å². The van der Waals surface area contributed by atoms with E-state index in [1.807, 2.05) is 18.7 Å². The van der Waals surface area contributed by atoms with E-state index in [4.69, 9.17) is 9.47 Å². The monoisotopic (exact) mass is 466 g/mol. The molecule has 1 saturated heterocycles. The Hall–Kier alpha value is -3.35. The highest BCUT2D eigenvalue weighted by molar-refractivity contribution is 6.15. The van der Waals surface area contributed by atoms with Crippen LogP contribution in [0.4, 0.5) is 0 Å². The molecule has 2 aromatic carbocycles. The predicted molar refractivity (Wildman–Crippen MR) is 131 cm³/mol. The van der Waals surface area contributed by atoms with Crippen molar-refractivity contribution in [3.05, 3.63) is 59.2 Å². The second kappa shape index (κ2) is 12.8. The number of hydrogen-bond donors (Lipinski definition) is 1. The van der Waals surface area contributed by atoms with Crippen molar-refractivity contribution in [1.29, 1.82) is 0 Å². The van der Waals surface area contributed by atoms with Crippen LogP contribution in [0.25, 0.3) is 0 Å². The molecule has 0 aromatic heterocycles. The minimum atomic E-state index is -0.372. The third kappa shape index (κ3) is 6.59. The summed E-state index contributed by atoms with van der Waals surface area (Å²) in [6.07, 6.45) is 4.00. The lowest BCUT2D eigenvalue weighted by Gasteiger charge is -2.16. The average Bonchev–Trinajstić information content (AvgIpc) is 3.41. The van der Waals surface area contributed by atoms with Crippen LogP contribution in [0.1, 0.15) is 72.2 Å². The molecule has 0 aliphatic carbocycles. The second-order valence-electron chi connectivity index (χ2n) is 8.33. The van der Waals surface area contributed by atoms with Gasteiger partial charge in [-0.15, -0.1) is 0 Å². The van der Waals surface area contributed by atoms with E-state index in [-0.39, 0.29) is 36.1 Å². The number of benzene rings is 2. The molecule has 34 heavy (non-hydrogen) atoms. The highest BCUT2D eigenvalue weighted by Gasteiger charge is 2.21. The van der Waals surface area contributed by atoms with Gasteiger partial charge in [0, 0.05) is 37.2 Å². The van der Waals surface area contributed by atoms with Gasteiger partial charge in [-0.1, -0.05) is 32.0 Å². The number of amides is 2. The third-order valence-electron chi connectivity index (χ3n) is 5.63. The molecule has 1 aliphatic heterocycles. The van der Waals surface area contributed by atoms with Crippen molar-refractivity contribution in [2.24, 2.45) is 0 Å². The van der Waals surface area contributed by atoms with Crippen LogP contribution in [0.3, 0.4) is 0 Å². The smallest absolute Gasteiger partial charge is 0.252 e. The first kappa shape index (κ1) is 25.3. The number of hydrogen-bond acceptors (Lipinski definition) is 5. The summed E-state index contributed by atoms with van der Waals surface area (Å²) in [5, 5.41) is 2.79. The standard InChI is InChI=1S/C27H34N2O5/c1-3-17-33-23-12-11-20(19-24(23)34-18-4-2)26(31)21-9-5-6-10-22(21)27(32)28-14-13-25(30)29-15-7-8-16-29/h5-6,9-12,19H,3-4,7-8,13-18H2,1-2H3,(H,28,32). The summed E-state index contributed by atoms with van der Waals surface area (Å²) in [5.74, 6) is 0.516. The number of carbonyl (C=O) groups is 3. The zero-order valence-corrected chi connectivity index (χ0v) is 20.1. The molecule has 0 radical (unpaired) electrons. The molecule has 3 rings (SSSR count). The normalized spacial score (nSPS) is 12.9. The molecule has 1 aliphatic rings. The van der Waals surface area contributed by atoms with Gasteiger partial charge in [0.1, 0.15) is 0 Å². The Bertz CT molecular complexity index is 998. The summed E-state index contributed by atoms with van der Waals surface area (Å²) in [6.45, 7) is 6.90. The Morgan fingerprint density at radius 3 is 2.21 bits per heavy atom. The Kier molecular flexibility index (Phi) is 9.50. The molecule has 1 heterocycles. The third-order valence-corrected chi connectivity index (χ3v) is 5.63. The molecule has 7 heteroatoms. The second-order valence-corrected chi connectivity index (χ2v) is 8.33. The van der Waals surface area contributed by atoms with Crippen molar-refractivity contribution in [2.45, 2.75) is 46.0 Å². The SMILES string of the molecule is CCCOc1ccc(C(=O)c2ccccc2C(=O)NCCC(=O)N2CCCC2)cc1OCCC. The van der Waals surface area contributed by atoms with Gasteiger partial charge >= 0.3 is 0 Å². The lowest BCUT2D eigenvalue weighted by molar-refractivity contribution is -0.129. The Morgan fingerprint density at radius 2 is 1.53 bits per heavy atom. The summed E-state index contributed by atoms with van der Waals surface area (Å²) in [6, 6.07) is 11.8. The van der Waals surface area contributed by atoms with E-state index in [1.165, 1.54) is 0 Å². The van der Waals surface area contributed by atoms with Gasteiger partial charge in [0.2, 0.25) is 5.91 Å². The zero-order chi connectivity index (χ0) is 24.3. The molecule has 0 bridgehead atoms. The lowest BCUT2D eigenvalue weighted by Crippen LogP contribution is -2.33. The molecule has 0 atom stereocenters. The van der Waals surface area contributed by atoms with Crippen LogP contribution in [-0.2, 0) is 4.79 Å². The molecule has 7 nitrogen and oxygen atoms in total. The van der Waals surface area contributed by atoms with Gasteiger partial charge in [-0.2, -0.15) is 0 Å². The van der Waals surface area contributed by atoms with Crippen LogP contribution in [0.2, 0.25) is 0 Å². The minimum absolute atomic E-state index is 0.0483. The molecular formula is C27H34N2O5. The number of ether oxygens (including phenoxy) is 2. The number of nitrogens with one attached hydrogen (secondary N) is 1. The topological polar surface area (TPSA) is 84.9 Å². The van der Waals surface area contributed by atoms with Crippen molar-refractivity contribution in [2.75, 3.05) is 32.8 Å². The van der Waals surface area contributed by atoms with Crippen LogP contribution in [-0.4, -0.2) is 55.3 Å². The Labute approximate surface area is 201 Å². The van der Waals surface area contributed by atoms with Gasteiger partial charge in [0.25, 0.3) is 5.91 Å². The maximum absolute atomic E-state index is 13.3. The molecule has 2 aromatic rings. The first-order valence-electron chi connectivity index (χ1n) is 12.1. The summed E-state index contributed by atoms with van der Waals surface area (Å²) in [5.41, 5.74) is 0.998. The highest BCUT2D eigenvalue weighted by atomic mass is 16.5. The fraction of sp³-hybridized carbons (Fsp3) is 0.444. The number of ketones is 1. The van der Waals surface area contributed by atoms with E-state index in [0.717, 1.165) is 38.8 Å². The van der Waals surface area contributed by atoms with Crippen LogP contribution in [0.15, 0.2) is 42.5 Å². The fourth-order valence-electron chi connectivity index (χ4n) is 3.84. The predicted octanol–water partition coefficient (Wildman–Crippen LogP) is 4.24. The molecule has 0 saturated carbocycles. The van der Waals surface area contributed by atoms with Crippen molar-refractivity contribution in [3.8, 4) is 11.5 Å². The molecule has 1 fully saturated rings.